The Morgan fingerprint density at radius 3 is 2.82 bits per heavy atom. The number of hydrogen-bond acceptors (Lipinski definition) is 6. The van der Waals surface area contributed by atoms with E-state index >= 15 is 0 Å². The van der Waals surface area contributed by atoms with E-state index in [1.54, 1.807) is 18.3 Å². The number of carbonyl (C=O) groups excluding carboxylic acids is 2. The van der Waals surface area contributed by atoms with Crippen molar-refractivity contribution in [2.45, 2.75) is 33.4 Å². The van der Waals surface area contributed by atoms with E-state index in [0.29, 0.717) is 17.4 Å². The Balaban J connectivity index is 1.59. The number of nitrogens with one attached hydrogen (secondary N) is 2. The number of anilines is 1. The number of amides is 2. The molecule has 0 aliphatic carbocycles. The van der Waals surface area contributed by atoms with Crippen molar-refractivity contribution in [3.63, 3.8) is 0 Å². The molecule has 0 saturated carbocycles. The van der Waals surface area contributed by atoms with Gasteiger partial charge in [0, 0.05) is 17.2 Å². The molecule has 0 unspecified atom stereocenters. The van der Waals surface area contributed by atoms with Gasteiger partial charge in [0.2, 0.25) is 5.91 Å². The fourth-order valence-corrected chi connectivity index (χ4v) is 4.12. The van der Waals surface area contributed by atoms with Gasteiger partial charge in [0.25, 0.3) is 5.91 Å². The van der Waals surface area contributed by atoms with E-state index in [1.165, 1.54) is 18.3 Å². The summed E-state index contributed by atoms with van der Waals surface area (Å²) in [6, 6.07) is 11.5. The SMILES string of the molecule is CC(=O)NCc1ccc(-c2csc(NC(=O)[C@H](C)Oc3cccc(C)c3)n2)s1. The molecule has 0 aliphatic heterocycles. The number of nitrogens with zero attached hydrogens (tertiary/aromatic N) is 1. The van der Waals surface area contributed by atoms with Crippen LogP contribution in [-0.4, -0.2) is 22.9 Å². The van der Waals surface area contributed by atoms with Gasteiger partial charge in [-0.2, -0.15) is 0 Å². The highest BCUT2D eigenvalue weighted by Gasteiger charge is 2.17. The molecule has 28 heavy (non-hydrogen) atoms. The maximum absolute atomic E-state index is 12.4. The topological polar surface area (TPSA) is 80.3 Å². The molecule has 2 N–H and O–H groups in total. The number of thiophene rings is 1. The minimum absolute atomic E-state index is 0.0596. The molecule has 146 valence electrons. The van der Waals surface area contributed by atoms with Crippen molar-refractivity contribution >= 4 is 39.6 Å². The molecule has 3 aromatic rings. The third-order valence-electron chi connectivity index (χ3n) is 3.83. The van der Waals surface area contributed by atoms with Gasteiger partial charge in [-0.3, -0.25) is 14.9 Å². The molecule has 3 rings (SSSR count). The van der Waals surface area contributed by atoms with Crippen LogP contribution in [0.25, 0.3) is 10.6 Å². The lowest BCUT2D eigenvalue weighted by molar-refractivity contribution is -0.122. The quantitative estimate of drug-likeness (QED) is 0.605. The van der Waals surface area contributed by atoms with Crippen molar-refractivity contribution in [1.82, 2.24) is 10.3 Å². The van der Waals surface area contributed by atoms with E-state index in [0.717, 1.165) is 21.0 Å². The van der Waals surface area contributed by atoms with Gasteiger partial charge in [0.15, 0.2) is 11.2 Å². The van der Waals surface area contributed by atoms with E-state index < -0.39 is 6.10 Å². The van der Waals surface area contributed by atoms with Crippen molar-refractivity contribution in [1.29, 1.82) is 0 Å². The first kappa shape index (κ1) is 20.0. The molecular formula is C20H21N3O3S2. The Morgan fingerprint density at radius 2 is 2.07 bits per heavy atom. The van der Waals surface area contributed by atoms with Crippen LogP contribution in [0.5, 0.6) is 5.75 Å². The zero-order valence-corrected chi connectivity index (χ0v) is 17.4. The highest BCUT2D eigenvalue weighted by atomic mass is 32.1. The Kier molecular flexibility index (Phi) is 6.43. The molecule has 0 bridgehead atoms. The number of aryl methyl sites for hydroxylation is 1. The Morgan fingerprint density at radius 1 is 1.25 bits per heavy atom. The molecule has 1 atom stereocenters. The largest absolute Gasteiger partial charge is 0.481 e. The molecule has 1 aromatic carbocycles. The summed E-state index contributed by atoms with van der Waals surface area (Å²) in [6.07, 6.45) is -0.639. The molecule has 2 heterocycles. The number of ether oxygens (including phenoxy) is 1. The van der Waals surface area contributed by atoms with E-state index in [4.69, 9.17) is 4.74 Å². The van der Waals surface area contributed by atoms with Gasteiger partial charge < -0.3 is 10.1 Å². The number of hydrogen-bond donors (Lipinski definition) is 2. The first-order chi connectivity index (χ1) is 13.4. The second-order valence-corrected chi connectivity index (χ2v) is 8.31. The van der Waals surface area contributed by atoms with Gasteiger partial charge in [-0.05, 0) is 43.7 Å². The first-order valence-electron chi connectivity index (χ1n) is 8.74. The van der Waals surface area contributed by atoms with Gasteiger partial charge >= 0.3 is 0 Å². The molecular weight excluding hydrogens is 394 g/mol. The summed E-state index contributed by atoms with van der Waals surface area (Å²) in [6.45, 7) is 5.68. The lowest BCUT2D eigenvalue weighted by Gasteiger charge is -2.14. The van der Waals surface area contributed by atoms with Crippen molar-refractivity contribution in [3.8, 4) is 16.3 Å². The van der Waals surface area contributed by atoms with Gasteiger partial charge in [0.1, 0.15) is 5.75 Å². The maximum Gasteiger partial charge on any atom is 0.266 e. The average molecular weight is 416 g/mol. The zero-order valence-electron chi connectivity index (χ0n) is 15.8. The summed E-state index contributed by atoms with van der Waals surface area (Å²) in [5, 5.41) is 8.00. The highest BCUT2D eigenvalue weighted by molar-refractivity contribution is 7.17. The number of rotatable bonds is 7. The Bertz CT molecular complexity index is 980. The Hall–Kier alpha value is -2.71. The predicted octanol–water partition coefficient (Wildman–Crippen LogP) is 4.22. The second kappa shape index (κ2) is 8.99. The van der Waals surface area contributed by atoms with E-state index in [2.05, 4.69) is 15.6 Å². The summed E-state index contributed by atoms with van der Waals surface area (Å²) in [5.74, 6) is 0.350. The zero-order chi connectivity index (χ0) is 20.1. The Labute approximate surface area is 171 Å². The molecule has 2 aromatic heterocycles. The van der Waals surface area contributed by atoms with E-state index in [1.807, 2.05) is 48.7 Å². The van der Waals surface area contributed by atoms with Crippen molar-refractivity contribution in [2.75, 3.05) is 5.32 Å². The lowest BCUT2D eigenvalue weighted by Crippen LogP contribution is -2.30. The van der Waals surface area contributed by atoms with Crippen LogP contribution in [0.3, 0.4) is 0 Å². The summed E-state index contributed by atoms with van der Waals surface area (Å²) >= 11 is 2.93. The normalized spacial score (nSPS) is 11.7. The third-order valence-corrected chi connectivity index (χ3v) is 5.70. The van der Waals surface area contributed by atoms with Crippen LogP contribution in [0, 0.1) is 6.92 Å². The first-order valence-corrected chi connectivity index (χ1v) is 10.4. The van der Waals surface area contributed by atoms with Gasteiger partial charge in [-0.25, -0.2) is 4.98 Å². The van der Waals surface area contributed by atoms with Crippen LogP contribution in [0.15, 0.2) is 41.8 Å². The van der Waals surface area contributed by atoms with Gasteiger partial charge in [-0.1, -0.05) is 12.1 Å². The van der Waals surface area contributed by atoms with Crippen LogP contribution in [0.2, 0.25) is 0 Å². The number of thiazole rings is 1. The fraction of sp³-hybridized carbons (Fsp3) is 0.250. The second-order valence-electron chi connectivity index (χ2n) is 6.28. The van der Waals surface area contributed by atoms with Gasteiger partial charge in [-0.15, -0.1) is 22.7 Å². The van der Waals surface area contributed by atoms with E-state index in [-0.39, 0.29) is 11.8 Å². The van der Waals surface area contributed by atoms with Crippen LogP contribution in [0.4, 0.5) is 5.13 Å². The molecule has 8 heteroatoms. The lowest BCUT2D eigenvalue weighted by atomic mass is 10.2. The maximum atomic E-state index is 12.4. The molecule has 0 spiro atoms. The molecule has 0 saturated heterocycles. The molecule has 6 nitrogen and oxygen atoms in total. The summed E-state index contributed by atoms with van der Waals surface area (Å²) < 4.78 is 5.70. The van der Waals surface area contributed by atoms with Crippen molar-refractivity contribution in [3.05, 3.63) is 52.2 Å². The summed E-state index contributed by atoms with van der Waals surface area (Å²) in [7, 11) is 0. The average Bonchev–Trinajstić information content (AvgIpc) is 3.29. The third kappa shape index (κ3) is 5.40. The van der Waals surface area contributed by atoms with E-state index in [9.17, 15) is 9.59 Å². The summed E-state index contributed by atoms with van der Waals surface area (Å²) in [5.41, 5.74) is 1.87. The predicted molar refractivity (Wildman–Crippen MR) is 113 cm³/mol. The number of aromatic nitrogens is 1. The van der Waals surface area contributed by atoms with Crippen LogP contribution in [-0.2, 0) is 16.1 Å². The monoisotopic (exact) mass is 415 g/mol. The standard InChI is InChI=1S/C20H21N3O3S2/c1-12-5-4-6-15(9-12)26-13(2)19(25)23-20-22-17(11-27-20)18-8-7-16(28-18)10-21-14(3)24/h4-9,11,13H,10H2,1-3H3,(H,21,24)(H,22,23,25)/t13-/m0/s1. The number of carbonyl (C=O) groups is 2. The molecule has 0 fully saturated rings. The fourth-order valence-electron chi connectivity index (χ4n) is 2.42. The van der Waals surface area contributed by atoms with Gasteiger partial charge in [0.05, 0.1) is 17.1 Å². The van der Waals surface area contributed by atoms with Crippen molar-refractivity contribution < 1.29 is 14.3 Å². The molecule has 2 amide bonds. The van der Waals surface area contributed by atoms with Crippen molar-refractivity contribution in [2.24, 2.45) is 0 Å². The van der Waals surface area contributed by atoms with Crippen LogP contribution < -0.4 is 15.4 Å². The molecule has 0 aliphatic rings. The highest BCUT2D eigenvalue weighted by Crippen LogP contribution is 2.31. The summed E-state index contributed by atoms with van der Waals surface area (Å²) in [4.78, 5) is 29.9. The minimum Gasteiger partial charge on any atom is -0.481 e. The van der Waals surface area contributed by atoms with Crippen LogP contribution in [0.1, 0.15) is 24.3 Å². The smallest absolute Gasteiger partial charge is 0.266 e. The molecule has 0 radical (unpaired) electrons. The van der Waals surface area contributed by atoms with Crippen LogP contribution >= 0.6 is 22.7 Å². The number of benzene rings is 1. The minimum atomic E-state index is -0.639.